The number of tetrazole rings is 1. The molecule has 7 heteroatoms. The molecule has 0 radical (unpaired) electrons. The van der Waals surface area contributed by atoms with Gasteiger partial charge in [0.05, 0.1) is 0 Å². The third kappa shape index (κ3) is 4.61. The van der Waals surface area contributed by atoms with Gasteiger partial charge in [-0.25, -0.2) is 4.68 Å². The molecule has 1 heterocycles. The summed E-state index contributed by atoms with van der Waals surface area (Å²) in [6.45, 7) is 2.87. The first-order valence-corrected chi connectivity index (χ1v) is 6.34. The van der Waals surface area contributed by atoms with E-state index in [0.717, 1.165) is 24.5 Å². The van der Waals surface area contributed by atoms with Gasteiger partial charge in [0.1, 0.15) is 0 Å². The molecule has 0 atom stereocenters. The van der Waals surface area contributed by atoms with Gasteiger partial charge in [-0.15, -0.1) is 5.10 Å². The molecule has 0 aliphatic carbocycles. The molecular weight excluding hydrogens is 226 g/mol. The van der Waals surface area contributed by atoms with Crippen LogP contribution < -0.4 is 5.32 Å². The molecule has 0 aliphatic heterocycles. The Bertz CT molecular complexity index is 327. The van der Waals surface area contributed by atoms with Gasteiger partial charge in [0, 0.05) is 25.8 Å². The van der Waals surface area contributed by atoms with Crippen LogP contribution in [0.2, 0.25) is 0 Å². The Kier molecular flexibility index (Phi) is 5.84. The monoisotopic (exact) mass is 243 g/mol. The van der Waals surface area contributed by atoms with Crippen molar-refractivity contribution in [1.82, 2.24) is 25.5 Å². The molecule has 1 aromatic rings. The molecule has 0 spiro atoms. The molecule has 1 aromatic heterocycles. The van der Waals surface area contributed by atoms with Crippen molar-refractivity contribution >= 4 is 17.7 Å². The summed E-state index contributed by atoms with van der Waals surface area (Å²) >= 11 is 1.49. The molecule has 0 bridgehead atoms. The Labute approximate surface area is 99.2 Å². The van der Waals surface area contributed by atoms with Crippen LogP contribution in [0.25, 0.3) is 0 Å². The number of aromatic nitrogens is 4. The highest BCUT2D eigenvalue weighted by atomic mass is 32.2. The van der Waals surface area contributed by atoms with Crippen LogP contribution in [-0.4, -0.2) is 38.4 Å². The summed E-state index contributed by atoms with van der Waals surface area (Å²) in [6, 6.07) is 0. The van der Waals surface area contributed by atoms with Crippen LogP contribution in [0, 0.1) is 0 Å². The van der Waals surface area contributed by atoms with Crippen molar-refractivity contribution in [2.75, 3.05) is 12.3 Å². The maximum absolute atomic E-state index is 11.3. The van der Waals surface area contributed by atoms with Crippen molar-refractivity contribution in [3.63, 3.8) is 0 Å². The predicted octanol–water partition coefficient (Wildman–Crippen LogP) is 0.609. The summed E-state index contributed by atoms with van der Waals surface area (Å²) in [5.74, 6) is 0.794. The third-order valence-corrected chi connectivity index (χ3v) is 3.01. The Hall–Kier alpha value is -1.11. The van der Waals surface area contributed by atoms with Gasteiger partial charge in [0.15, 0.2) is 0 Å². The van der Waals surface area contributed by atoms with Gasteiger partial charge in [-0.2, -0.15) is 0 Å². The summed E-state index contributed by atoms with van der Waals surface area (Å²) in [5.41, 5.74) is 0. The quantitative estimate of drug-likeness (QED) is 0.561. The lowest BCUT2D eigenvalue weighted by molar-refractivity contribution is -0.120. The minimum Gasteiger partial charge on any atom is -0.356 e. The Morgan fingerprint density at radius 2 is 2.38 bits per heavy atom. The summed E-state index contributed by atoms with van der Waals surface area (Å²) < 4.78 is 1.60. The summed E-state index contributed by atoms with van der Waals surface area (Å²) in [7, 11) is 1.78. The van der Waals surface area contributed by atoms with E-state index in [0.29, 0.717) is 12.2 Å². The van der Waals surface area contributed by atoms with Crippen molar-refractivity contribution in [2.24, 2.45) is 7.05 Å². The molecule has 16 heavy (non-hydrogen) atoms. The van der Waals surface area contributed by atoms with E-state index in [-0.39, 0.29) is 5.91 Å². The van der Waals surface area contributed by atoms with Gasteiger partial charge >= 0.3 is 0 Å². The smallest absolute Gasteiger partial charge is 0.220 e. The number of rotatable bonds is 7. The van der Waals surface area contributed by atoms with Gasteiger partial charge in [0.25, 0.3) is 0 Å². The molecule has 0 unspecified atom stereocenters. The first-order valence-electron chi connectivity index (χ1n) is 5.36. The van der Waals surface area contributed by atoms with E-state index in [1.54, 1.807) is 11.7 Å². The first-order chi connectivity index (χ1) is 7.74. The average Bonchev–Trinajstić information content (AvgIpc) is 2.65. The number of carbonyl (C=O) groups excluding carboxylic acids is 1. The lowest BCUT2D eigenvalue weighted by Gasteiger charge is -2.03. The minimum absolute atomic E-state index is 0.0936. The number of thioether (sulfide) groups is 1. The molecule has 0 aliphatic rings. The fraction of sp³-hybridized carbons (Fsp3) is 0.778. The second kappa shape index (κ2) is 7.21. The number of carbonyl (C=O) groups is 1. The molecule has 6 nitrogen and oxygen atoms in total. The van der Waals surface area contributed by atoms with Crippen LogP contribution >= 0.6 is 11.8 Å². The van der Waals surface area contributed by atoms with E-state index >= 15 is 0 Å². The number of unbranched alkanes of at least 4 members (excludes halogenated alkanes) is 1. The Morgan fingerprint density at radius 3 is 3.00 bits per heavy atom. The van der Waals surface area contributed by atoms with Crippen LogP contribution in [0.15, 0.2) is 5.16 Å². The number of hydrogen-bond acceptors (Lipinski definition) is 5. The maximum atomic E-state index is 11.3. The van der Waals surface area contributed by atoms with Crippen molar-refractivity contribution in [3.05, 3.63) is 0 Å². The van der Waals surface area contributed by atoms with Crippen LogP contribution in [-0.2, 0) is 11.8 Å². The fourth-order valence-electron chi connectivity index (χ4n) is 1.07. The standard InChI is InChI=1S/C9H17N5OS/c1-3-4-6-10-8(15)5-7-16-9-11-12-13-14(9)2/h3-7H2,1-2H3,(H,10,15). The van der Waals surface area contributed by atoms with Crippen molar-refractivity contribution in [1.29, 1.82) is 0 Å². The highest BCUT2D eigenvalue weighted by Crippen LogP contribution is 2.12. The molecule has 1 N–H and O–H groups in total. The minimum atomic E-state index is 0.0936. The van der Waals surface area contributed by atoms with Crippen LogP contribution in [0.3, 0.4) is 0 Å². The van der Waals surface area contributed by atoms with Crippen LogP contribution in [0.5, 0.6) is 0 Å². The maximum Gasteiger partial charge on any atom is 0.220 e. The van der Waals surface area contributed by atoms with Gasteiger partial charge in [-0.05, 0) is 16.8 Å². The predicted molar refractivity (Wildman–Crippen MR) is 62.1 cm³/mol. The summed E-state index contributed by atoms with van der Waals surface area (Å²) in [5, 5.41) is 14.7. The number of amides is 1. The van der Waals surface area contributed by atoms with Gasteiger partial charge in [-0.1, -0.05) is 25.1 Å². The highest BCUT2D eigenvalue weighted by molar-refractivity contribution is 7.99. The zero-order valence-electron chi connectivity index (χ0n) is 9.64. The summed E-state index contributed by atoms with van der Waals surface area (Å²) in [4.78, 5) is 11.3. The van der Waals surface area contributed by atoms with Crippen LogP contribution in [0.1, 0.15) is 26.2 Å². The number of nitrogens with zero attached hydrogens (tertiary/aromatic N) is 4. The van der Waals surface area contributed by atoms with Crippen LogP contribution in [0.4, 0.5) is 0 Å². The van der Waals surface area contributed by atoms with Gasteiger partial charge < -0.3 is 5.32 Å². The molecule has 1 rings (SSSR count). The largest absolute Gasteiger partial charge is 0.356 e. The van der Waals surface area contributed by atoms with Crippen molar-refractivity contribution in [3.8, 4) is 0 Å². The molecule has 1 amide bonds. The number of aryl methyl sites for hydroxylation is 1. The molecule has 0 saturated heterocycles. The van der Waals surface area contributed by atoms with E-state index in [1.807, 2.05) is 0 Å². The molecular formula is C9H17N5OS. The second-order valence-corrected chi connectivity index (χ2v) is 4.45. The van der Waals surface area contributed by atoms with E-state index in [2.05, 4.69) is 27.8 Å². The Balaban J connectivity index is 2.11. The SMILES string of the molecule is CCCCNC(=O)CCSc1nnnn1C. The van der Waals surface area contributed by atoms with E-state index < -0.39 is 0 Å². The molecule has 0 saturated carbocycles. The lowest BCUT2D eigenvalue weighted by atomic mass is 10.3. The van der Waals surface area contributed by atoms with E-state index in [9.17, 15) is 4.79 Å². The zero-order chi connectivity index (χ0) is 11.8. The average molecular weight is 243 g/mol. The molecule has 0 aromatic carbocycles. The van der Waals surface area contributed by atoms with E-state index in [1.165, 1.54) is 11.8 Å². The van der Waals surface area contributed by atoms with E-state index in [4.69, 9.17) is 0 Å². The first kappa shape index (κ1) is 13.0. The van der Waals surface area contributed by atoms with Crippen molar-refractivity contribution < 1.29 is 4.79 Å². The topological polar surface area (TPSA) is 72.7 Å². The fourth-order valence-corrected chi connectivity index (χ4v) is 1.86. The van der Waals surface area contributed by atoms with Gasteiger partial charge in [0.2, 0.25) is 11.1 Å². The highest BCUT2D eigenvalue weighted by Gasteiger charge is 2.05. The van der Waals surface area contributed by atoms with Crippen molar-refractivity contribution in [2.45, 2.75) is 31.3 Å². The third-order valence-electron chi connectivity index (χ3n) is 1.99. The number of hydrogen-bond donors (Lipinski definition) is 1. The van der Waals surface area contributed by atoms with Gasteiger partial charge in [-0.3, -0.25) is 4.79 Å². The Morgan fingerprint density at radius 1 is 1.56 bits per heavy atom. The number of nitrogens with one attached hydrogen (secondary N) is 1. The lowest BCUT2D eigenvalue weighted by Crippen LogP contribution is -2.24. The zero-order valence-corrected chi connectivity index (χ0v) is 10.5. The molecule has 0 fully saturated rings. The summed E-state index contributed by atoms with van der Waals surface area (Å²) in [6.07, 6.45) is 2.63. The normalized spacial score (nSPS) is 10.4. The molecule has 90 valence electrons. The second-order valence-electron chi connectivity index (χ2n) is 3.39.